The molecule has 18 heteroatoms. The molecule has 3 N–H and O–H groups in total. The molecule has 4 aromatic carbocycles. The molecule has 4 heterocycles. The first-order valence-electron chi connectivity index (χ1n) is 26.5. The number of carbonyl (C=O) groups excluding carboxylic acids is 4. The van der Waals surface area contributed by atoms with Gasteiger partial charge >= 0.3 is 23.9 Å². The average molecular weight is 1100 g/mol. The molecule has 0 aliphatic carbocycles. The monoisotopic (exact) mass is 1100 g/mol. The predicted octanol–water partition coefficient (Wildman–Crippen LogP) is 10.4. The molecule has 8 rings (SSSR count). The number of cyclic esters (lactones) is 2. The third-order valence-corrected chi connectivity index (χ3v) is 13.5. The van der Waals surface area contributed by atoms with Gasteiger partial charge in [0.1, 0.15) is 65.0 Å². The zero-order chi connectivity index (χ0) is 57.7. The standard InChI is InChI=1S/C31H37NO8.C31H36O9/c2*1-19-14-15-24(38-29(33)21-10-7-6-8-11-21)28-25(39-31(3,4)40-28)13-9-12-22-16-23(32)17-26(36-18-35-5)27(22)30(34)37-20(19)2/h6-12,14-17,19-20,24-25,28H,13,18,32H2,1-5H3;6-12,14-17,19-20,24-25,28,32H,13,18H2,1-5H3/b2*12-9+,15-14-/t2*19-,20+,24?,25+,28?/m11/s1. The zero-order valence-corrected chi connectivity index (χ0v) is 46.9. The summed E-state index contributed by atoms with van der Waals surface area (Å²) in [7, 11) is 2.95. The molecule has 0 amide bonds. The molecule has 4 aromatic rings. The SMILES string of the molecule is COCOc1cc(N)cc2c1C(=O)O[C@@H](C)[C@H](C)/C=C\C(OC(=O)c1ccccc1)C1OC(C)(C)O[C@H]1C/C=C/2.COCOc1cc(O)cc2c1C(=O)O[C@@H](C)[C@H](C)/C=C\C(OC(=O)c1ccccc1)C1OC(C)(C)O[C@H]1C/C=C/2. The van der Waals surface area contributed by atoms with Gasteiger partial charge in [0, 0.05) is 43.9 Å². The van der Waals surface area contributed by atoms with Gasteiger partial charge < -0.3 is 67.7 Å². The number of carbonyl (C=O) groups is 4. The molecular formula is C62H73NO17. The summed E-state index contributed by atoms with van der Waals surface area (Å²) in [5.41, 5.74) is 8.76. The molecule has 0 aromatic heterocycles. The van der Waals surface area contributed by atoms with Crippen LogP contribution < -0.4 is 15.2 Å². The van der Waals surface area contributed by atoms with Gasteiger partial charge in [0.05, 0.1) is 23.3 Å². The lowest BCUT2D eigenvalue weighted by Crippen LogP contribution is -2.37. The summed E-state index contributed by atoms with van der Waals surface area (Å²) >= 11 is 0. The zero-order valence-electron chi connectivity index (χ0n) is 46.9. The fourth-order valence-electron chi connectivity index (χ4n) is 9.28. The van der Waals surface area contributed by atoms with Crippen molar-refractivity contribution in [3.05, 3.63) is 155 Å². The van der Waals surface area contributed by atoms with E-state index in [2.05, 4.69) is 0 Å². The van der Waals surface area contributed by atoms with Gasteiger partial charge in [-0.2, -0.15) is 0 Å². The van der Waals surface area contributed by atoms with Crippen molar-refractivity contribution in [1.82, 2.24) is 0 Å². The van der Waals surface area contributed by atoms with Crippen LogP contribution in [0.3, 0.4) is 0 Å². The van der Waals surface area contributed by atoms with Crippen LogP contribution in [-0.2, 0) is 47.4 Å². The average Bonchev–Trinajstić information content (AvgIpc) is 3.98. The van der Waals surface area contributed by atoms with Gasteiger partial charge in [-0.25, -0.2) is 19.2 Å². The van der Waals surface area contributed by atoms with Gasteiger partial charge in [0.2, 0.25) is 0 Å². The van der Waals surface area contributed by atoms with Crippen LogP contribution in [0.15, 0.2) is 121 Å². The Bertz CT molecular complexity index is 2700. The Hall–Kier alpha value is -7.32. The number of methoxy groups -OCH3 is 2. The highest BCUT2D eigenvalue weighted by atomic mass is 16.8. The molecule has 80 heavy (non-hydrogen) atoms. The van der Waals surface area contributed by atoms with Crippen molar-refractivity contribution in [2.24, 2.45) is 11.8 Å². The lowest BCUT2D eigenvalue weighted by molar-refractivity contribution is -0.153. The Labute approximate surface area is 467 Å². The molecule has 0 radical (unpaired) electrons. The fourth-order valence-corrected chi connectivity index (χ4v) is 9.28. The minimum atomic E-state index is -0.919. The van der Waals surface area contributed by atoms with E-state index in [-0.39, 0.29) is 53.8 Å². The number of aromatic hydroxyl groups is 1. The van der Waals surface area contributed by atoms with Crippen LogP contribution in [0.4, 0.5) is 5.69 Å². The lowest BCUT2D eigenvalue weighted by atomic mass is 9.98. The smallest absolute Gasteiger partial charge is 0.342 e. The van der Waals surface area contributed by atoms with Crippen molar-refractivity contribution < 1.29 is 81.1 Å². The number of hydrogen-bond acceptors (Lipinski definition) is 18. The number of hydrogen-bond donors (Lipinski definition) is 2. The molecule has 2 fully saturated rings. The van der Waals surface area contributed by atoms with E-state index in [1.54, 1.807) is 98.8 Å². The van der Waals surface area contributed by atoms with Gasteiger partial charge in [-0.15, -0.1) is 0 Å². The van der Waals surface area contributed by atoms with E-state index in [1.165, 1.54) is 26.4 Å². The van der Waals surface area contributed by atoms with Crippen LogP contribution in [-0.4, -0.2) is 117 Å². The van der Waals surface area contributed by atoms with Crippen molar-refractivity contribution >= 4 is 41.7 Å². The Balaban J connectivity index is 0.000000231. The van der Waals surface area contributed by atoms with Crippen LogP contribution in [0.2, 0.25) is 0 Å². The minimum Gasteiger partial charge on any atom is -0.508 e. The summed E-state index contributed by atoms with van der Waals surface area (Å²) in [6.45, 7) is 14.5. The number of benzene rings is 4. The Morgan fingerprint density at radius 2 is 1.00 bits per heavy atom. The number of anilines is 1. The van der Waals surface area contributed by atoms with E-state index in [9.17, 15) is 24.3 Å². The molecule has 4 aliphatic rings. The van der Waals surface area contributed by atoms with Crippen molar-refractivity contribution in [2.45, 2.75) is 129 Å². The van der Waals surface area contributed by atoms with E-state index in [0.29, 0.717) is 40.8 Å². The second-order valence-electron chi connectivity index (χ2n) is 20.7. The summed E-state index contributed by atoms with van der Waals surface area (Å²) in [5.74, 6) is -4.10. The van der Waals surface area contributed by atoms with Gasteiger partial charge in [-0.3, -0.25) is 0 Å². The molecule has 2 saturated heterocycles. The summed E-state index contributed by atoms with van der Waals surface area (Å²) in [5, 5.41) is 10.3. The van der Waals surface area contributed by atoms with E-state index in [0.717, 1.165) is 0 Å². The quantitative estimate of drug-likeness (QED) is 0.0495. The maximum absolute atomic E-state index is 13.4. The lowest BCUT2D eigenvalue weighted by Gasteiger charge is -2.25. The molecular weight excluding hydrogens is 1030 g/mol. The third-order valence-electron chi connectivity index (χ3n) is 13.5. The number of phenols is 1. The summed E-state index contributed by atoms with van der Waals surface area (Å²) in [6.07, 6.45) is 10.5. The summed E-state index contributed by atoms with van der Waals surface area (Å²) in [6, 6.07) is 23.6. The molecule has 4 unspecified atom stereocenters. The van der Waals surface area contributed by atoms with Gasteiger partial charge in [0.25, 0.3) is 0 Å². The number of rotatable bonds is 10. The number of ether oxygens (including phenoxy) is 12. The van der Waals surface area contributed by atoms with E-state index in [1.807, 2.05) is 78.0 Å². The van der Waals surface area contributed by atoms with Crippen LogP contribution >= 0.6 is 0 Å². The Kier molecular flexibility index (Phi) is 20.5. The largest absolute Gasteiger partial charge is 0.508 e. The predicted molar refractivity (Wildman–Crippen MR) is 297 cm³/mol. The maximum Gasteiger partial charge on any atom is 0.342 e. The molecule has 10 atom stereocenters. The molecule has 4 aliphatic heterocycles. The normalized spacial score (nSPS) is 27.8. The number of fused-ring (bicyclic) bond motifs is 4. The van der Waals surface area contributed by atoms with Gasteiger partial charge in [-0.05, 0) is 114 Å². The number of phenolic OH excluding ortho intramolecular Hbond substituents is 1. The van der Waals surface area contributed by atoms with Crippen LogP contribution in [0.25, 0.3) is 12.2 Å². The molecule has 0 bridgehead atoms. The van der Waals surface area contributed by atoms with Crippen LogP contribution in [0.1, 0.15) is 121 Å². The highest BCUT2D eigenvalue weighted by molar-refractivity contribution is 5.98. The van der Waals surface area contributed by atoms with Gasteiger partial charge in [0.15, 0.2) is 25.2 Å². The Morgan fingerprint density at radius 3 is 1.43 bits per heavy atom. The van der Waals surface area contributed by atoms with Crippen molar-refractivity contribution in [1.29, 1.82) is 0 Å². The first kappa shape index (κ1) is 60.3. The third kappa shape index (κ3) is 16.0. The summed E-state index contributed by atoms with van der Waals surface area (Å²) < 4.78 is 69.8. The number of esters is 4. The topological polar surface area (TPSA) is 225 Å². The number of nitrogen functional groups attached to an aromatic ring is 1. The van der Waals surface area contributed by atoms with Crippen LogP contribution in [0, 0.1) is 11.8 Å². The number of nitrogens with two attached hydrogens (primary N) is 1. The first-order chi connectivity index (χ1) is 38.1. The van der Waals surface area contributed by atoms with E-state index >= 15 is 0 Å². The van der Waals surface area contributed by atoms with E-state index < -0.39 is 84.3 Å². The second-order valence-corrected chi connectivity index (χ2v) is 20.7. The van der Waals surface area contributed by atoms with E-state index in [4.69, 9.17) is 62.6 Å². The molecule has 0 saturated carbocycles. The highest BCUT2D eigenvalue weighted by Crippen LogP contribution is 2.38. The molecule has 0 spiro atoms. The fraction of sp³-hybridized carbons (Fsp3) is 0.419. The van der Waals surface area contributed by atoms with Gasteiger partial charge in [-0.1, -0.05) is 86.7 Å². The maximum atomic E-state index is 13.4. The summed E-state index contributed by atoms with van der Waals surface area (Å²) in [4.78, 5) is 52.8. The molecule has 428 valence electrons. The van der Waals surface area contributed by atoms with Crippen LogP contribution in [0.5, 0.6) is 17.2 Å². The Morgan fingerprint density at radius 1 is 0.588 bits per heavy atom. The van der Waals surface area contributed by atoms with Crippen molar-refractivity contribution in [2.75, 3.05) is 33.5 Å². The first-order valence-corrected chi connectivity index (χ1v) is 26.5. The van der Waals surface area contributed by atoms with Crippen molar-refractivity contribution in [3.63, 3.8) is 0 Å². The van der Waals surface area contributed by atoms with Crippen molar-refractivity contribution in [3.8, 4) is 17.2 Å². The highest BCUT2D eigenvalue weighted by Gasteiger charge is 2.47. The minimum absolute atomic E-state index is 0.0608. The molecule has 18 nitrogen and oxygen atoms in total. The second kappa shape index (κ2) is 27.2.